The highest BCUT2D eigenvalue weighted by Gasteiger charge is 2.42. The molecule has 2 aliphatic rings. The summed E-state index contributed by atoms with van der Waals surface area (Å²) in [6.07, 6.45) is 5.41. The van der Waals surface area contributed by atoms with Crippen LogP contribution in [0.15, 0.2) is 33.9 Å². The Kier molecular flexibility index (Phi) is 5.71. The van der Waals surface area contributed by atoms with Crippen LogP contribution in [0.25, 0.3) is 0 Å². The maximum Gasteiger partial charge on any atom is 0.268 e. The van der Waals surface area contributed by atoms with E-state index in [0.717, 1.165) is 25.7 Å². The molecule has 1 aromatic heterocycles. The third kappa shape index (κ3) is 4.28. The molecule has 10 heteroatoms. The summed E-state index contributed by atoms with van der Waals surface area (Å²) in [5.41, 5.74) is 5.46. The van der Waals surface area contributed by atoms with Gasteiger partial charge in [-0.1, -0.05) is 30.8 Å². The summed E-state index contributed by atoms with van der Waals surface area (Å²) in [6.45, 7) is 1.71. The first-order valence-corrected chi connectivity index (χ1v) is 10.4. The number of nitrogens with one attached hydrogen (secondary N) is 1. The number of carbonyl (C=O) groups excluding carboxylic acids is 2. The van der Waals surface area contributed by atoms with Gasteiger partial charge in [0.25, 0.3) is 5.91 Å². The number of aryl methyl sites for hydroxylation is 1. The molecule has 3 N–H and O–H groups in total. The SMILES string of the molecule is Cc1nc(C2(NC(=O)C3=NN(c4ccc(F)cc4)C(C(N)=O)C3)CCCCCC2)no1. The van der Waals surface area contributed by atoms with Gasteiger partial charge in [0, 0.05) is 13.3 Å². The number of nitrogens with two attached hydrogens (primary N) is 1. The van der Waals surface area contributed by atoms with Crippen LogP contribution in [0.3, 0.4) is 0 Å². The molecule has 2 amide bonds. The molecular formula is C21H25FN6O3. The number of amides is 2. The molecule has 2 heterocycles. The van der Waals surface area contributed by atoms with Gasteiger partial charge in [-0.2, -0.15) is 10.1 Å². The summed E-state index contributed by atoms with van der Waals surface area (Å²) < 4.78 is 18.5. The Morgan fingerprint density at radius 1 is 1.19 bits per heavy atom. The minimum atomic E-state index is -0.830. The van der Waals surface area contributed by atoms with Crippen molar-refractivity contribution in [1.29, 1.82) is 0 Å². The van der Waals surface area contributed by atoms with E-state index in [1.54, 1.807) is 6.92 Å². The second-order valence-corrected chi connectivity index (χ2v) is 8.08. The van der Waals surface area contributed by atoms with E-state index in [0.29, 0.717) is 30.2 Å². The molecule has 1 aromatic carbocycles. The van der Waals surface area contributed by atoms with E-state index in [1.807, 2.05) is 0 Å². The van der Waals surface area contributed by atoms with E-state index in [1.165, 1.54) is 29.3 Å². The maximum atomic E-state index is 13.3. The fourth-order valence-electron chi connectivity index (χ4n) is 4.22. The second-order valence-electron chi connectivity index (χ2n) is 8.08. The molecule has 1 atom stereocenters. The number of primary amides is 1. The van der Waals surface area contributed by atoms with Crippen LogP contribution >= 0.6 is 0 Å². The van der Waals surface area contributed by atoms with Crippen LogP contribution < -0.4 is 16.1 Å². The van der Waals surface area contributed by atoms with Gasteiger partial charge < -0.3 is 15.6 Å². The van der Waals surface area contributed by atoms with Gasteiger partial charge in [0.05, 0.1) is 5.69 Å². The van der Waals surface area contributed by atoms with Crippen LogP contribution in [0.5, 0.6) is 0 Å². The van der Waals surface area contributed by atoms with Crippen molar-refractivity contribution in [3.63, 3.8) is 0 Å². The summed E-state index contributed by atoms with van der Waals surface area (Å²) in [6, 6.07) is 4.68. The molecule has 1 aliphatic carbocycles. The van der Waals surface area contributed by atoms with Crippen LogP contribution in [0.1, 0.15) is 56.7 Å². The molecule has 0 saturated heterocycles. The first kappa shape index (κ1) is 21.0. The van der Waals surface area contributed by atoms with E-state index < -0.39 is 29.2 Å². The van der Waals surface area contributed by atoms with Gasteiger partial charge in [-0.3, -0.25) is 14.6 Å². The molecule has 0 spiro atoms. The average molecular weight is 428 g/mol. The van der Waals surface area contributed by atoms with Crippen LogP contribution in [0.4, 0.5) is 10.1 Å². The molecule has 0 radical (unpaired) electrons. The number of aromatic nitrogens is 2. The van der Waals surface area contributed by atoms with Crippen molar-refractivity contribution in [3.8, 4) is 0 Å². The predicted molar refractivity (Wildman–Crippen MR) is 110 cm³/mol. The van der Waals surface area contributed by atoms with E-state index >= 15 is 0 Å². The van der Waals surface area contributed by atoms with Crippen molar-refractivity contribution >= 4 is 23.2 Å². The number of halogens is 1. The van der Waals surface area contributed by atoms with Gasteiger partial charge >= 0.3 is 0 Å². The van der Waals surface area contributed by atoms with Crippen LogP contribution in [0, 0.1) is 12.7 Å². The summed E-state index contributed by atoms with van der Waals surface area (Å²) >= 11 is 0. The number of hydrogen-bond acceptors (Lipinski definition) is 7. The second kappa shape index (κ2) is 8.44. The topological polar surface area (TPSA) is 127 Å². The zero-order valence-corrected chi connectivity index (χ0v) is 17.3. The minimum absolute atomic E-state index is 0.0555. The molecule has 1 aliphatic heterocycles. The first-order chi connectivity index (χ1) is 14.9. The van der Waals surface area contributed by atoms with Gasteiger partial charge in [0.1, 0.15) is 23.1 Å². The highest BCUT2D eigenvalue weighted by Crippen LogP contribution is 2.35. The van der Waals surface area contributed by atoms with Crippen LogP contribution in [-0.4, -0.2) is 33.7 Å². The minimum Gasteiger partial charge on any atom is -0.368 e. The third-order valence-electron chi connectivity index (χ3n) is 5.86. The van der Waals surface area contributed by atoms with Crippen molar-refractivity contribution in [2.24, 2.45) is 10.8 Å². The molecule has 2 aromatic rings. The van der Waals surface area contributed by atoms with E-state index in [-0.39, 0.29) is 12.1 Å². The summed E-state index contributed by atoms with van der Waals surface area (Å²) in [4.78, 5) is 29.6. The number of carbonyl (C=O) groups is 2. The number of hydrazone groups is 1. The van der Waals surface area contributed by atoms with Crippen molar-refractivity contribution in [2.75, 3.05) is 5.01 Å². The molecule has 31 heavy (non-hydrogen) atoms. The molecule has 4 rings (SSSR count). The molecule has 1 fully saturated rings. The number of nitrogens with zero attached hydrogens (tertiary/aromatic N) is 4. The molecular weight excluding hydrogens is 403 g/mol. The third-order valence-corrected chi connectivity index (χ3v) is 5.86. The lowest BCUT2D eigenvalue weighted by atomic mass is 9.88. The standard InChI is InChI=1S/C21H25FN6O3/c1-13-24-20(27-31-13)21(10-4-2-3-5-11-21)25-19(30)16-12-17(18(23)29)28(26-16)15-8-6-14(22)7-9-15/h6-9,17H,2-5,10-12H2,1H3,(H2,23,29)(H,25,30). The molecule has 1 saturated carbocycles. The zero-order chi connectivity index (χ0) is 22.0. The Morgan fingerprint density at radius 3 is 2.45 bits per heavy atom. The summed E-state index contributed by atoms with van der Waals surface area (Å²) in [5, 5.41) is 12.9. The van der Waals surface area contributed by atoms with Gasteiger partial charge in [0.2, 0.25) is 11.8 Å². The highest BCUT2D eigenvalue weighted by molar-refractivity contribution is 6.40. The molecule has 9 nitrogen and oxygen atoms in total. The Balaban J connectivity index is 1.61. The fourth-order valence-corrected chi connectivity index (χ4v) is 4.22. The molecule has 0 bridgehead atoms. The van der Waals surface area contributed by atoms with Crippen LogP contribution in [-0.2, 0) is 15.1 Å². The Labute approximate surface area is 178 Å². The predicted octanol–water partition coefficient (Wildman–Crippen LogP) is 2.30. The Morgan fingerprint density at radius 2 is 1.87 bits per heavy atom. The quantitative estimate of drug-likeness (QED) is 0.704. The number of rotatable bonds is 5. The number of benzene rings is 1. The van der Waals surface area contributed by atoms with Crippen molar-refractivity contribution < 1.29 is 18.5 Å². The first-order valence-electron chi connectivity index (χ1n) is 10.4. The zero-order valence-electron chi connectivity index (χ0n) is 17.3. The summed E-state index contributed by atoms with van der Waals surface area (Å²) in [7, 11) is 0. The Hall–Kier alpha value is -3.30. The Bertz CT molecular complexity index is 995. The normalized spacial score (nSPS) is 20.8. The monoisotopic (exact) mass is 428 g/mol. The van der Waals surface area contributed by atoms with E-state index in [9.17, 15) is 14.0 Å². The molecule has 164 valence electrons. The van der Waals surface area contributed by atoms with E-state index in [4.69, 9.17) is 10.3 Å². The lowest BCUT2D eigenvalue weighted by Gasteiger charge is -2.30. The van der Waals surface area contributed by atoms with Gasteiger partial charge in [-0.15, -0.1) is 0 Å². The maximum absolute atomic E-state index is 13.3. The largest absolute Gasteiger partial charge is 0.368 e. The van der Waals surface area contributed by atoms with Crippen LogP contribution in [0.2, 0.25) is 0 Å². The molecule has 1 unspecified atom stereocenters. The lowest BCUT2D eigenvalue weighted by Crippen LogP contribution is -2.49. The highest BCUT2D eigenvalue weighted by atomic mass is 19.1. The van der Waals surface area contributed by atoms with Crippen molar-refractivity contribution in [2.45, 2.75) is 63.5 Å². The van der Waals surface area contributed by atoms with Gasteiger partial charge in [-0.05, 0) is 37.1 Å². The lowest BCUT2D eigenvalue weighted by molar-refractivity contribution is -0.119. The van der Waals surface area contributed by atoms with Gasteiger partial charge in [0.15, 0.2) is 5.82 Å². The van der Waals surface area contributed by atoms with Gasteiger partial charge in [-0.25, -0.2) is 4.39 Å². The van der Waals surface area contributed by atoms with E-state index in [2.05, 4.69) is 20.6 Å². The average Bonchev–Trinajstić information content (AvgIpc) is 3.31. The van der Waals surface area contributed by atoms with Crippen molar-refractivity contribution in [3.05, 3.63) is 41.8 Å². The smallest absolute Gasteiger partial charge is 0.268 e. The fraction of sp³-hybridized carbons (Fsp3) is 0.476. The summed E-state index contributed by atoms with van der Waals surface area (Å²) in [5.74, 6) is -0.539. The number of hydrogen-bond donors (Lipinski definition) is 2. The number of anilines is 1. The van der Waals surface area contributed by atoms with Crippen molar-refractivity contribution in [1.82, 2.24) is 15.5 Å².